The number of fused-ring (bicyclic) bond motifs is 1. The molecule has 3 unspecified atom stereocenters. The van der Waals surface area contributed by atoms with Gasteiger partial charge in [-0.25, -0.2) is 3.96 Å². The molecule has 5 atom stereocenters. The zero-order valence-corrected chi connectivity index (χ0v) is 15.4. The van der Waals surface area contributed by atoms with E-state index in [4.69, 9.17) is 9.47 Å². The third kappa shape index (κ3) is 3.32. The summed E-state index contributed by atoms with van der Waals surface area (Å²) < 4.78 is 13.3. The van der Waals surface area contributed by atoms with Crippen LogP contribution in [0.1, 0.15) is 0 Å². The van der Waals surface area contributed by atoms with Crippen molar-refractivity contribution in [1.29, 1.82) is 0 Å². The van der Waals surface area contributed by atoms with Gasteiger partial charge in [-0.05, 0) is 36.4 Å². The van der Waals surface area contributed by atoms with Gasteiger partial charge < -0.3 is 29.9 Å². The number of rotatable bonds is 4. The van der Waals surface area contributed by atoms with Crippen LogP contribution >= 0.6 is 11.5 Å². The molecule has 1 aliphatic heterocycles. The van der Waals surface area contributed by atoms with Crippen LogP contribution < -0.4 is 10.3 Å². The molecule has 1 aliphatic rings. The molecule has 0 saturated carbocycles. The Kier molecular flexibility index (Phi) is 5.19. The molecular weight excluding hydrogens is 386 g/mol. The van der Waals surface area contributed by atoms with Crippen LogP contribution in [0.4, 0.5) is 0 Å². The lowest BCUT2D eigenvalue weighted by Crippen LogP contribution is -2.60. The highest BCUT2D eigenvalue weighted by Gasteiger charge is 2.44. The molecule has 0 aliphatic carbocycles. The lowest BCUT2D eigenvalue weighted by Gasteiger charge is -2.39. The molecule has 9 heteroatoms. The van der Waals surface area contributed by atoms with Crippen molar-refractivity contribution in [3.05, 3.63) is 58.9 Å². The molecule has 2 aromatic carbocycles. The van der Waals surface area contributed by atoms with Crippen molar-refractivity contribution in [1.82, 2.24) is 3.96 Å². The monoisotopic (exact) mass is 405 g/mol. The van der Waals surface area contributed by atoms with Crippen molar-refractivity contribution in [2.24, 2.45) is 0 Å². The van der Waals surface area contributed by atoms with E-state index in [9.17, 15) is 25.2 Å². The predicted molar refractivity (Wildman–Crippen MR) is 102 cm³/mol. The van der Waals surface area contributed by atoms with Crippen molar-refractivity contribution in [3.8, 4) is 11.4 Å². The molecule has 1 saturated heterocycles. The van der Waals surface area contributed by atoms with Crippen molar-refractivity contribution < 1.29 is 29.9 Å². The maximum Gasteiger partial charge on any atom is 0.273 e. The third-order valence-electron chi connectivity index (χ3n) is 4.66. The second-order valence-electron chi connectivity index (χ2n) is 6.50. The van der Waals surface area contributed by atoms with E-state index in [1.807, 2.05) is 18.2 Å². The summed E-state index contributed by atoms with van der Waals surface area (Å²) in [7, 11) is 0. The van der Waals surface area contributed by atoms with E-state index in [1.54, 1.807) is 34.3 Å². The fraction of sp³-hybridized carbons (Fsp3) is 0.316. The van der Waals surface area contributed by atoms with Gasteiger partial charge in [-0.15, -0.1) is 0 Å². The second kappa shape index (κ2) is 7.63. The Balaban J connectivity index is 1.55. The van der Waals surface area contributed by atoms with E-state index in [0.29, 0.717) is 16.8 Å². The van der Waals surface area contributed by atoms with Gasteiger partial charge in [-0.2, -0.15) is 0 Å². The van der Waals surface area contributed by atoms with Crippen LogP contribution in [-0.2, 0) is 4.74 Å². The summed E-state index contributed by atoms with van der Waals surface area (Å²) >= 11 is 1.33. The highest BCUT2D eigenvalue weighted by Crippen LogP contribution is 2.26. The molecule has 28 heavy (non-hydrogen) atoms. The standard InChI is InChI=1S/C19H19NO7S/c21-9-13-15(22)16(23)17(24)19(27-13)26-11-7-5-10(6-8-11)20-18(25)12-3-1-2-4-14(12)28-20/h1-8,13,15-17,19,21-24H,9H2/t13?,15-,16?,17?,19-/m1/s1. The van der Waals surface area contributed by atoms with Gasteiger partial charge in [0.2, 0.25) is 6.29 Å². The van der Waals surface area contributed by atoms with Gasteiger partial charge >= 0.3 is 0 Å². The van der Waals surface area contributed by atoms with Crippen molar-refractivity contribution >= 4 is 21.6 Å². The molecule has 8 nitrogen and oxygen atoms in total. The topological polar surface area (TPSA) is 121 Å². The zero-order valence-electron chi connectivity index (χ0n) is 14.6. The minimum Gasteiger partial charge on any atom is -0.462 e. The first-order valence-corrected chi connectivity index (χ1v) is 9.45. The maximum atomic E-state index is 12.5. The first-order chi connectivity index (χ1) is 13.5. The van der Waals surface area contributed by atoms with E-state index in [-0.39, 0.29) is 5.56 Å². The molecule has 4 N–H and O–H groups in total. The van der Waals surface area contributed by atoms with Crippen LogP contribution in [0.15, 0.2) is 53.3 Å². The zero-order chi connectivity index (χ0) is 19.8. The first-order valence-electron chi connectivity index (χ1n) is 8.68. The average Bonchev–Trinajstić information content (AvgIpc) is 3.06. The summed E-state index contributed by atoms with van der Waals surface area (Å²) in [5.74, 6) is 0.335. The molecule has 1 fully saturated rings. The minimum absolute atomic E-state index is 0.108. The van der Waals surface area contributed by atoms with Crippen LogP contribution in [0.25, 0.3) is 15.8 Å². The Morgan fingerprint density at radius 1 is 1.00 bits per heavy atom. The predicted octanol–water partition coefficient (Wildman–Crippen LogP) is 0.231. The maximum absolute atomic E-state index is 12.5. The number of benzene rings is 2. The lowest BCUT2D eigenvalue weighted by atomic mass is 9.99. The van der Waals surface area contributed by atoms with Gasteiger partial charge in [-0.1, -0.05) is 23.7 Å². The molecule has 0 spiro atoms. The van der Waals surface area contributed by atoms with Crippen molar-refractivity contribution in [3.63, 3.8) is 0 Å². The summed E-state index contributed by atoms with van der Waals surface area (Å²) in [6, 6.07) is 13.9. The summed E-state index contributed by atoms with van der Waals surface area (Å²) in [4.78, 5) is 12.5. The van der Waals surface area contributed by atoms with Crippen LogP contribution in [0.2, 0.25) is 0 Å². The average molecular weight is 405 g/mol. The van der Waals surface area contributed by atoms with Gasteiger partial charge in [0.15, 0.2) is 0 Å². The first kappa shape index (κ1) is 19.1. The summed E-state index contributed by atoms with van der Waals surface area (Å²) in [5, 5.41) is 39.6. The largest absolute Gasteiger partial charge is 0.462 e. The smallest absolute Gasteiger partial charge is 0.273 e. The highest BCUT2D eigenvalue weighted by atomic mass is 32.1. The quantitative estimate of drug-likeness (QED) is 0.490. The summed E-state index contributed by atoms with van der Waals surface area (Å²) in [6.45, 7) is -0.529. The van der Waals surface area contributed by atoms with E-state index in [2.05, 4.69) is 0 Å². The minimum atomic E-state index is -1.51. The van der Waals surface area contributed by atoms with Crippen LogP contribution in [-0.4, -0.2) is 61.7 Å². The second-order valence-corrected chi connectivity index (χ2v) is 7.48. The van der Waals surface area contributed by atoms with Gasteiger partial charge in [0.1, 0.15) is 30.2 Å². The van der Waals surface area contributed by atoms with E-state index >= 15 is 0 Å². The normalized spacial score (nSPS) is 27.8. The fourth-order valence-electron chi connectivity index (χ4n) is 3.10. The molecule has 0 bridgehead atoms. The molecule has 0 amide bonds. The SMILES string of the molecule is O=c1c2ccccc2sn1-c1ccc(O[C@@H]2OC(CO)[C@@H](O)C(O)C2O)cc1. The van der Waals surface area contributed by atoms with Crippen LogP contribution in [0.3, 0.4) is 0 Å². The van der Waals surface area contributed by atoms with E-state index < -0.39 is 37.3 Å². The lowest BCUT2D eigenvalue weighted by molar-refractivity contribution is -0.277. The summed E-state index contributed by atoms with van der Waals surface area (Å²) in [6.07, 6.45) is -6.73. The Labute approximate surface area is 163 Å². The highest BCUT2D eigenvalue weighted by molar-refractivity contribution is 7.14. The molecular formula is C19H19NO7S. The molecule has 0 radical (unpaired) electrons. The number of aromatic nitrogens is 1. The Hall–Kier alpha value is -2.27. The van der Waals surface area contributed by atoms with Gasteiger partial charge in [0, 0.05) is 0 Å². The number of hydrogen-bond acceptors (Lipinski definition) is 8. The van der Waals surface area contributed by atoms with Gasteiger partial charge in [-0.3, -0.25) is 4.79 Å². The molecule has 3 aromatic rings. The van der Waals surface area contributed by atoms with Crippen LogP contribution in [0, 0.1) is 0 Å². The number of hydrogen-bond donors (Lipinski definition) is 4. The number of nitrogens with zero attached hydrogens (tertiary/aromatic N) is 1. The molecule has 4 rings (SSSR count). The number of ether oxygens (including phenoxy) is 2. The third-order valence-corrected chi connectivity index (χ3v) is 5.78. The molecule has 1 aromatic heterocycles. The van der Waals surface area contributed by atoms with Crippen molar-refractivity contribution in [2.75, 3.05) is 6.61 Å². The Morgan fingerprint density at radius 3 is 2.39 bits per heavy atom. The summed E-state index contributed by atoms with van der Waals surface area (Å²) in [5.41, 5.74) is 0.551. The van der Waals surface area contributed by atoms with E-state index in [1.165, 1.54) is 11.5 Å². The van der Waals surface area contributed by atoms with Crippen molar-refractivity contribution in [2.45, 2.75) is 30.7 Å². The fourth-order valence-corrected chi connectivity index (χ4v) is 4.10. The Bertz CT molecular complexity index is 1010. The number of aliphatic hydroxyl groups is 4. The van der Waals surface area contributed by atoms with Gasteiger partial charge in [0.25, 0.3) is 5.56 Å². The molecule has 148 valence electrons. The Morgan fingerprint density at radius 2 is 1.71 bits per heavy atom. The van der Waals surface area contributed by atoms with E-state index in [0.717, 1.165) is 4.70 Å². The molecule has 2 heterocycles. The van der Waals surface area contributed by atoms with Crippen LogP contribution in [0.5, 0.6) is 5.75 Å². The van der Waals surface area contributed by atoms with Gasteiger partial charge in [0.05, 0.1) is 22.4 Å². The number of aliphatic hydroxyl groups excluding tert-OH is 4.